The minimum absolute atomic E-state index is 0.151. The van der Waals surface area contributed by atoms with Crippen LogP contribution in [-0.2, 0) is 0 Å². The molecule has 0 N–H and O–H groups in total. The maximum absolute atomic E-state index is 12.0. The van der Waals surface area contributed by atoms with Crippen LogP contribution in [0.1, 0.15) is 0 Å². The van der Waals surface area contributed by atoms with Crippen LogP contribution in [0.5, 0.6) is 6.01 Å². The third-order valence-corrected chi connectivity index (χ3v) is 2.15. The summed E-state index contributed by atoms with van der Waals surface area (Å²) in [6.07, 6.45) is -4.47. The van der Waals surface area contributed by atoms with E-state index >= 15 is 0 Å². The van der Waals surface area contributed by atoms with E-state index in [1.54, 1.807) is 30.3 Å². The molecule has 0 aliphatic heterocycles. The monoisotopic (exact) mass is 289 g/mol. The van der Waals surface area contributed by atoms with Gasteiger partial charge in [0.25, 0.3) is 0 Å². The fourth-order valence-corrected chi connectivity index (χ4v) is 1.41. The predicted molar refractivity (Wildman–Crippen MR) is 61.8 cm³/mol. The number of hydrogen-bond donors (Lipinski definition) is 0. The number of aromatic nitrogens is 3. The number of rotatable bonds is 3. The van der Waals surface area contributed by atoms with E-state index in [1.165, 1.54) is 0 Å². The van der Waals surface area contributed by atoms with E-state index in [4.69, 9.17) is 11.6 Å². The second kappa shape index (κ2) is 5.40. The van der Waals surface area contributed by atoms with Crippen LogP contribution in [0, 0.1) is 0 Å². The molecule has 19 heavy (non-hydrogen) atoms. The highest BCUT2D eigenvalue weighted by Gasteiger charge is 2.29. The Bertz CT molecular complexity index is 563. The number of nitrogens with zero attached hydrogens (tertiary/aromatic N) is 3. The van der Waals surface area contributed by atoms with E-state index in [1.807, 2.05) is 0 Å². The molecule has 0 saturated heterocycles. The molecule has 0 fully saturated rings. The van der Waals surface area contributed by atoms with E-state index in [0.29, 0.717) is 5.56 Å². The zero-order chi connectivity index (χ0) is 13.9. The first kappa shape index (κ1) is 13.5. The van der Waals surface area contributed by atoms with Gasteiger partial charge >= 0.3 is 12.2 Å². The van der Waals surface area contributed by atoms with E-state index in [9.17, 15) is 13.2 Å². The summed E-state index contributed by atoms with van der Waals surface area (Å²) in [4.78, 5) is 11.1. The number of alkyl halides is 3. The van der Waals surface area contributed by atoms with Crippen LogP contribution in [0.3, 0.4) is 0 Å². The average molecular weight is 290 g/mol. The molecule has 2 aromatic rings. The third-order valence-electron chi connectivity index (χ3n) is 1.98. The highest BCUT2D eigenvalue weighted by atomic mass is 35.5. The third kappa shape index (κ3) is 4.06. The Morgan fingerprint density at radius 3 is 2.37 bits per heavy atom. The van der Waals surface area contributed by atoms with Crippen molar-refractivity contribution in [2.24, 2.45) is 0 Å². The lowest BCUT2D eigenvalue weighted by Gasteiger charge is -2.08. The van der Waals surface area contributed by atoms with Gasteiger partial charge in [0.1, 0.15) is 0 Å². The molecular weight excluding hydrogens is 283 g/mol. The molecule has 2 rings (SSSR count). The smallest absolute Gasteiger partial charge is 0.422 e. The molecule has 0 saturated carbocycles. The van der Waals surface area contributed by atoms with Gasteiger partial charge in [0.05, 0.1) is 0 Å². The summed E-state index contributed by atoms with van der Waals surface area (Å²) in [6.45, 7) is -1.48. The Kier molecular flexibility index (Phi) is 3.84. The Morgan fingerprint density at radius 1 is 1.05 bits per heavy atom. The van der Waals surface area contributed by atoms with Crippen molar-refractivity contribution in [3.05, 3.63) is 35.6 Å². The van der Waals surface area contributed by atoms with Crippen molar-refractivity contribution >= 4 is 11.6 Å². The van der Waals surface area contributed by atoms with Gasteiger partial charge in [0.2, 0.25) is 5.28 Å². The van der Waals surface area contributed by atoms with E-state index in [2.05, 4.69) is 19.7 Å². The van der Waals surface area contributed by atoms with Crippen molar-refractivity contribution in [1.29, 1.82) is 0 Å². The van der Waals surface area contributed by atoms with E-state index < -0.39 is 18.8 Å². The van der Waals surface area contributed by atoms with Gasteiger partial charge in [-0.15, -0.1) is 0 Å². The van der Waals surface area contributed by atoms with Gasteiger partial charge < -0.3 is 4.74 Å². The molecule has 0 atom stereocenters. The number of ether oxygens (including phenoxy) is 1. The molecule has 1 aromatic carbocycles. The van der Waals surface area contributed by atoms with Gasteiger partial charge in [0.15, 0.2) is 12.4 Å². The van der Waals surface area contributed by atoms with Gasteiger partial charge in [-0.05, 0) is 11.6 Å². The summed E-state index contributed by atoms with van der Waals surface area (Å²) < 4.78 is 40.6. The summed E-state index contributed by atoms with van der Waals surface area (Å²) >= 11 is 5.63. The Balaban J connectivity index is 2.25. The van der Waals surface area contributed by atoms with Crippen LogP contribution in [0.25, 0.3) is 11.4 Å². The maximum atomic E-state index is 12.0. The summed E-state index contributed by atoms with van der Waals surface area (Å²) in [7, 11) is 0. The number of halogens is 4. The second-order valence-corrected chi connectivity index (χ2v) is 3.82. The first-order chi connectivity index (χ1) is 8.94. The van der Waals surface area contributed by atoms with E-state index in [0.717, 1.165) is 0 Å². The molecule has 100 valence electrons. The Labute approximate surface area is 111 Å². The van der Waals surface area contributed by atoms with Crippen LogP contribution in [0.4, 0.5) is 13.2 Å². The van der Waals surface area contributed by atoms with Crippen molar-refractivity contribution < 1.29 is 17.9 Å². The summed E-state index contributed by atoms with van der Waals surface area (Å²) in [6, 6.07) is 8.19. The van der Waals surface area contributed by atoms with Crippen molar-refractivity contribution in [1.82, 2.24) is 15.0 Å². The minimum Gasteiger partial charge on any atom is -0.454 e. The fourth-order valence-electron chi connectivity index (χ4n) is 1.26. The summed E-state index contributed by atoms with van der Waals surface area (Å²) in [5.41, 5.74) is 0.601. The zero-order valence-corrected chi connectivity index (χ0v) is 10.1. The molecule has 0 radical (unpaired) electrons. The Hall–Kier alpha value is -1.89. The van der Waals surface area contributed by atoms with E-state index in [-0.39, 0.29) is 11.1 Å². The largest absolute Gasteiger partial charge is 0.454 e. The van der Waals surface area contributed by atoms with Gasteiger partial charge in [0, 0.05) is 5.56 Å². The molecule has 0 aliphatic rings. The molecule has 0 unspecified atom stereocenters. The normalized spacial score (nSPS) is 11.4. The number of hydrogen-bond acceptors (Lipinski definition) is 4. The first-order valence-corrected chi connectivity index (χ1v) is 5.48. The number of benzene rings is 1. The summed E-state index contributed by atoms with van der Waals surface area (Å²) in [5.74, 6) is 0.151. The molecule has 0 aliphatic carbocycles. The molecule has 0 bridgehead atoms. The lowest BCUT2D eigenvalue weighted by atomic mass is 10.2. The van der Waals surface area contributed by atoms with Crippen molar-refractivity contribution in [3.8, 4) is 17.4 Å². The van der Waals surface area contributed by atoms with Crippen LogP contribution in [-0.4, -0.2) is 27.7 Å². The molecule has 0 spiro atoms. The lowest BCUT2D eigenvalue weighted by Crippen LogP contribution is -2.20. The van der Waals surface area contributed by atoms with Gasteiger partial charge in [-0.1, -0.05) is 30.3 Å². The van der Waals surface area contributed by atoms with Gasteiger partial charge in [-0.3, -0.25) is 0 Å². The SMILES string of the molecule is FC(F)(F)COc1nc(Cl)nc(-c2ccccc2)n1. The van der Waals surface area contributed by atoms with Crippen LogP contribution >= 0.6 is 11.6 Å². The lowest BCUT2D eigenvalue weighted by molar-refractivity contribution is -0.154. The second-order valence-electron chi connectivity index (χ2n) is 3.48. The standard InChI is InChI=1S/C11H7ClF3N3O/c12-9-16-8(7-4-2-1-3-5-7)17-10(18-9)19-6-11(13,14)15/h1-5H,6H2. The van der Waals surface area contributed by atoms with Gasteiger partial charge in [-0.25, -0.2) is 0 Å². The molecule has 4 nitrogen and oxygen atoms in total. The van der Waals surface area contributed by atoms with Crippen LogP contribution in [0.2, 0.25) is 5.28 Å². The topological polar surface area (TPSA) is 47.9 Å². The predicted octanol–water partition coefficient (Wildman–Crippen LogP) is 3.13. The molecular formula is C11H7ClF3N3O. The maximum Gasteiger partial charge on any atom is 0.422 e. The van der Waals surface area contributed by atoms with Crippen molar-refractivity contribution in [2.45, 2.75) is 6.18 Å². The molecule has 0 amide bonds. The summed E-state index contributed by atoms with van der Waals surface area (Å²) in [5, 5.41) is -0.231. The molecule has 8 heteroatoms. The van der Waals surface area contributed by atoms with Crippen LogP contribution in [0.15, 0.2) is 30.3 Å². The van der Waals surface area contributed by atoms with Crippen molar-refractivity contribution in [2.75, 3.05) is 6.61 Å². The first-order valence-electron chi connectivity index (χ1n) is 5.10. The average Bonchev–Trinajstić information content (AvgIpc) is 2.36. The molecule has 1 heterocycles. The highest BCUT2D eigenvalue weighted by molar-refractivity contribution is 6.28. The molecule has 1 aromatic heterocycles. The minimum atomic E-state index is -4.47. The van der Waals surface area contributed by atoms with Crippen molar-refractivity contribution in [3.63, 3.8) is 0 Å². The quantitative estimate of drug-likeness (QED) is 0.871. The highest BCUT2D eigenvalue weighted by Crippen LogP contribution is 2.20. The van der Waals surface area contributed by atoms with Gasteiger partial charge in [-0.2, -0.15) is 28.1 Å². The van der Waals surface area contributed by atoms with Crippen LogP contribution < -0.4 is 4.74 Å². The fraction of sp³-hybridized carbons (Fsp3) is 0.182. The zero-order valence-electron chi connectivity index (χ0n) is 9.36. The Morgan fingerprint density at radius 2 is 1.74 bits per heavy atom.